The molecule has 2 aromatic heterocycles. The minimum Gasteiger partial charge on any atom is -0.385 e. The second-order valence-corrected chi connectivity index (χ2v) is 4.96. The summed E-state index contributed by atoms with van der Waals surface area (Å²) in [4.78, 5) is 9.25. The Balaban J connectivity index is 1.95. The second-order valence-electron chi connectivity index (χ2n) is 4.96. The Kier molecular flexibility index (Phi) is 3.75. The summed E-state index contributed by atoms with van der Waals surface area (Å²) in [5.74, 6) is 1.13. The Hall–Kier alpha value is -1.46. The minimum atomic E-state index is 0.372. The summed E-state index contributed by atoms with van der Waals surface area (Å²) < 4.78 is 7.40. The van der Waals surface area contributed by atoms with E-state index in [9.17, 15) is 0 Å². The Labute approximate surface area is 113 Å². The van der Waals surface area contributed by atoms with Gasteiger partial charge < -0.3 is 14.6 Å². The van der Waals surface area contributed by atoms with Crippen LogP contribution in [0.4, 0.5) is 0 Å². The molecule has 1 fully saturated rings. The zero-order valence-electron chi connectivity index (χ0n) is 11.3. The van der Waals surface area contributed by atoms with E-state index in [1.54, 1.807) is 7.11 Å². The number of rotatable bonds is 5. The summed E-state index contributed by atoms with van der Waals surface area (Å²) in [5, 5.41) is 3.52. The van der Waals surface area contributed by atoms with Crippen LogP contribution in [0, 0.1) is 0 Å². The van der Waals surface area contributed by atoms with Crippen molar-refractivity contribution >= 4 is 11.2 Å². The van der Waals surface area contributed by atoms with Crippen molar-refractivity contribution in [1.82, 2.24) is 19.9 Å². The number of aromatic nitrogens is 3. The molecule has 0 saturated carbocycles. The van der Waals surface area contributed by atoms with E-state index in [0.717, 1.165) is 49.5 Å². The average Bonchev–Trinajstić information content (AvgIpc) is 3.06. The first kappa shape index (κ1) is 12.6. The third-order valence-electron chi connectivity index (χ3n) is 3.64. The van der Waals surface area contributed by atoms with Crippen LogP contribution in [0.1, 0.15) is 31.1 Å². The molecule has 1 aliphatic rings. The van der Waals surface area contributed by atoms with E-state index in [4.69, 9.17) is 9.72 Å². The van der Waals surface area contributed by atoms with E-state index in [1.807, 2.05) is 18.3 Å². The minimum absolute atomic E-state index is 0.372. The molecule has 1 atom stereocenters. The highest BCUT2D eigenvalue weighted by Gasteiger charge is 2.23. The lowest BCUT2D eigenvalue weighted by molar-refractivity contribution is 0.190. The van der Waals surface area contributed by atoms with E-state index in [-0.39, 0.29) is 0 Å². The predicted molar refractivity (Wildman–Crippen MR) is 74.0 cm³/mol. The first-order chi connectivity index (χ1) is 9.40. The van der Waals surface area contributed by atoms with E-state index < -0.39 is 0 Å². The van der Waals surface area contributed by atoms with Gasteiger partial charge in [0.2, 0.25) is 0 Å². The fourth-order valence-corrected chi connectivity index (χ4v) is 2.73. The SMILES string of the molecule is COCCCn1c(C2CCCN2)nc2cccnc21. The van der Waals surface area contributed by atoms with Gasteiger partial charge >= 0.3 is 0 Å². The van der Waals surface area contributed by atoms with Crippen molar-refractivity contribution in [2.24, 2.45) is 0 Å². The van der Waals surface area contributed by atoms with Crippen LogP contribution in [0.2, 0.25) is 0 Å². The Morgan fingerprint density at radius 1 is 1.53 bits per heavy atom. The van der Waals surface area contributed by atoms with Gasteiger partial charge in [0.25, 0.3) is 0 Å². The van der Waals surface area contributed by atoms with Crippen molar-refractivity contribution in [3.8, 4) is 0 Å². The summed E-state index contributed by atoms with van der Waals surface area (Å²) in [6.07, 6.45) is 5.20. The number of ether oxygens (including phenoxy) is 1. The van der Waals surface area contributed by atoms with Gasteiger partial charge in [-0.05, 0) is 37.9 Å². The molecule has 5 heteroatoms. The molecule has 1 aliphatic heterocycles. The van der Waals surface area contributed by atoms with E-state index in [2.05, 4.69) is 14.9 Å². The lowest BCUT2D eigenvalue weighted by Gasteiger charge is -2.13. The summed E-state index contributed by atoms with van der Waals surface area (Å²) in [7, 11) is 1.74. The van der Waals surface area contributed by atoms with Gasteiger partial charge in [-0.3, -0.25) is 0 Å². The van der Waals surface area contributed by atoms with Crippen LogP contribution in [-0.2, 0) is 11.3 Å². The van der Waals surface area contributed by atoms with Gasteiger partial charge in [0.15, 0.2) is 5.65 Å². The maximum absolute atomic E-state index is 5.15. The van der Waals surface area contributed by atoms with Crippen LogP contribution in [0.15, 0.2) is 18.3 Å². The van der Waals surface area contributed by atoms with Crippen LogP contribution >= 0.6 is 0 Å². The Morgan fingerprint density at radius 3 is 3.26 bits per heavy atom. The van der Waals surface area contributed by atoms with Crippen LogP contribution < -0.4 is 5.32 Å². The van der Waals surface area contributed by atoms with Gasteiger partial charge in [-0.15, -0.1) is 0 Å². The molecule has 1 saturated heterocycles. The van der Waals surface area contributed by atoms with E-state index >= 15 is 0 Å². The standard InChI is InChI=1S/C14H20N4O/c1-19-10-4-9-18-13-12(6-3-8-16-13)17-14(18)11-5-2-7-15-11/h3,6,8,11,15H,2,4-5,7,9-10H2,1H3. The molecule has 0 spiro atoms. The molecule has 0 radical (unpaired) electrons. The van der Waals surface area contributed by atoms with E-state index in [0.29, 0.717) is 6.04 Å². The highest BCUT2D eigenvalue weighted by molar-refractivity contribution is 5.71. The molecule has 0 aromatic carbocycles. The van der Waals surface area contributed by atoms with Crippen LogP contribution in [0.3, 0.4) is 0 Å². The highest BCUT2D eigenvalue weighted by Crippen LogP contribution is 2.25. The fraction of sp³-hybridized carbons (Fsp3) is 0.571. The monoisotopic (exact) mass is 260 g/mol. The molecule has 102 valence electrons. The number of nitrogens with one attached hydrogen (secondary N) is 1. The molecular formula is C14H20N4O. The lowest BCUT2D eigenvalue weighted by Crippen LogP contribution is -2.18. The van der Waals surface area contributed by atoms with Gasteiger partial charge in [-0.2, -0.15) is 0 Å². The largest absolute Gasteiger partial charge is 0.385 e. The molecule has 1 N–H and O–H groups in total. The van der Waals surface area contributed by atoms with Gasteiger partial charge in [0, 0.05) is 26.5 Å². The molecule has 0 aliphatic carbocycles. The molecule has 0 bridgehead atoms. The van der Waals surface area contributed by atoms with Gasteiger partial charge in [0.1, 0.15) is 11.3 Å². The summed E-state index contributed by atoms with van der Waals surface area (Å²) >= 11 is 0. The number of nitrogens with zero attached hydrogens (tertiary/aromatic N) is 3. The zero-order valence-corrected chi connectivity index (χ0v) is 11.3. The van der Waals surface area contributed by atoms with Crippen LogP contribution in [0.5, 0.6) is 0 Å². The molecule has 5 nitrogen and oxygen atoms in total. The average molecular weight is 260 g/mol. The fourth-order valence-electron chi connectivity index (χ4n) is 2.73. The first-order valence-electron chi connectivity index (χ1n) is 6.93. The summed E-state index contributed by atoms with van der Waals surface area (Å²) in [6, 6.07) is 4.35. The van der Waals surface area contributed by atoms with Crippen LogP contribution in [0.25, 0.3) is 11.2 Å². The smallest absolute Gasteiger partial charge is 0.160 e. The summed E-state index contributed by atoms with van der Waals surface area (Å²) in [6.45, 7) is 2.76. The number of hydrogen-bond donors (Lipinski definition) is 1. The maximum Gasteiger partial charge on any atom is 0.160 e. The molecule has 1 unspecified atom stereocenters. The highest BCUT2D eigenvalue weighted by atomic mass is 16.5. The quantitative estimate of drug-likeness (QED) is 0.834. The molecule has 3 rings (SSSR count). The molecular weight excluding hydrogens is 240 g/mol. The number of hydrogen-bond acceptors (Lipinski definition) is 4. The first-order valence-corrected chi connectivity index (χ1v) is 6.93. The van der Waals surface area contributed by atoms with Gasteiger partial charge in [0.05, 0.1) is 6.04 Å². The third kappa shape index (κ3) is 2.48. The third-order valence-corrected chi connectivity index (χ3v) is 3.64. The molecule has 3 heterocycles. The normalized spacial score (nSPS) is 19.3. The second kappa shape index (κ2) is 5.67. The molecule has 19 heavy (non-hydrogen) atoms. The molecule has 2 aromatic rings. The number of methoxy groups -OCH3 is 1. The van der Waals surface area contributed by atoms with Crippen molar-refractivity contribution in [3.63, 3.8) is 0 Å². The van der Waals surface area contributed by atoms with Gasteiger partial charge in [-0.25, -0.2) is 9.97 Å². The van der Waals surface area contributed by atoms with Crippen molar-refractivity contribution in [1.29, 1.82) is 0 Å². The Bertz CT molecular complexity index is 545. The Morgan fingerprint density at radius 2 is 2.47 bits per heavy atom. The lowest BCUT2D eigenvalue weighted by atomic mass is 10.2. The van der Waals surface area contributed by atoms with Crippen molar-refractivity contribution in [2.75, 3.05) is 20.3 Å². The number of aryl methyl sites for hydroxylation is 1. The zero-order chi connectivity index (χ0) is 13.1. The van der Waals surface area contributed by atoms with Crippen molar-refractivity contribution in [2.45, 2.75) is 31.8 Å². The summed E-state index contributed by atoms with van der Waals surface area (Å²) in [5.41, 5.74) is 1.98. The van der Waals surface area contributed by atoms with Gasteiger partial charge in [-0.1, -0.05) is 0 Å². The maximum atomic E-state index is 5.15. The van der Waals surface area contributed by atoms with Crippen molar-refractivity contribution in [3.05, 3.63) is 24.2 Å². The molecule has 0 amide bonds. The number of fused-ring (bicyclic) bond motifs is 1. The number of pyridine rings is 1. The predicted octanol–water partition coefficient (Wildman–Crippen LogP) is 1.89. The van der Waals surface area contributed by atoms with Crippen LogP contribution in [-0.4, -0.2) is 34.8 Å². The van der Waals surface area contributed by atoms with E-state index in [1.165, 1.54) is 6.42 Å². The van der Waals surface area contributed by atoms with Crippen molar-refractivity contribution < 1.29 is 4.74 Å². The topological polar surface area (TPSA) is 52.0 Å². The number of imidazole rings is 1.